The predicted molar refractivity (Wildman–Crippen MR) is 119 cm³/mol. The molecule has 3 aromatic rings. The van der Waals surface area contributed by atoms with Crippen molar-refractivity contribution in [3.63, 3.8) is 0 Å². The van der Waals surface area contributed by atoms with E-state index in [9.17, 15) is 4.79 Å². The van der Waals surface area contributed by atoms with E-state index in [0.29, 0.717) is 45.5 Å². The molecule has 0 fully saturated rings. The van der Waals surface area contributed by atoms with E-state index in [4.69, 9.17) is 37.4 Å². The van der Waals surface area contributed by atoms with Crippen LogP contribution in [0.25, 0.3) is 10.2 Å². The van der Waals surface area contributed by atoms with Crippen molar-refractivity contribution in [2.24, 2.45) is 0 Å². The second-order valence-electron chi connectivity index (χ2n) is 6.88. The molecule has 30 heavy (non-hydrogen) atoms. The van der Waals surface area contributed by atoms with Crippen LogP contribution in [-0.2, 0) is 4.79 Å². The molecule has 0 atom stereocenters. The van der Waals surface area contributed by atoms with Crippen LogP contribution in [0.5, 0.6) is 17.2 Å². The third-order valence-electron chi connectivity index (χ3n) is 4.42. The molecule has 1 amide bonds. The summed E-state index contributed by atoms with van der Waals surface area (Å²) in [5, 5.41) is 1.44. The smallest absolute Gasteiger partial charge is 0.266 e. The van der Waals surface area contributed by atoms with Crippen molar-refractivity contribution in [3.8, 4) is 17.2 Å². The number of likely N-dealkylation sites (N-methyl/N-ethyl adjacent to an activating group) is 1. The van der Waals surface area contributed by atoms with Gasteiger partial charge in [-0.1, -0.05) is 34.5 Å². The molecule has 0 radical (unpaired) electrons. The Kier molecular flexibility index (Phi) is 6.19. The van der Waals surface area contributed by atoms with Crippen molar-refractivity contribution in [2.45, 2.75) is 0 Å². The summed E-state index contributed by atoms with van der Waals surface area (Å²) in [6, 6.07) is 8.59. The highest BCUT2D eigenvalue weighted by Crippen LogP contribution is 2.39. The molecule has 0 aliphatic carbocycles. The lowest BCUT2D eigenvalue weighted by Crippen LogP contribution is -2.39. The first-order chi connectivity index (χ1) is 14.4. The van der Waals surface area contributed by atoms with Gasteiger partial charge in [0, 0.05) is 30.2 Å². The molecule has 0 saturated carbocycles. The van der Waals surface area contributed by atoms with Gasteiger partial charge >= 0.3 is 0 Å². The quantitative estimate of drug-likeness (QED) is 0.515. The monoisotopic (exact) mass is 467 g/mol. The van der Waals surface area contributed by atoms with E-state index in [0.717, 1.165) is 10.2 Å². The van der Waals surface area contributed by atoms with Gasteiger partial charge in [0.25, 0.3) is 5.91 Å². The molecule has 2 aromatic carbocycles. The molecular formula is C20H19Cl2N3O4S. The van der Waals surface area contributed by atoms with E-state index in [-0.39, 0.29) is 19.3 Å². The normalized spacial score (nSPS) is 12.6. The number of halogens is 2. The highest BCUT2D eigenvalue weighted by molar-refractivity contribution is 7.22. The van der Waals surface area contributed by atoms with Gasteiger partial charge in [-0.15, -0.1) is 0 Å². The maximum Gasteiger partial charge on any atom is 0.266 e. The van der Waals surface area contributed by atoms with Crippen LogP contribution in [0.3, 0.4) is 0 Å². The van der Waals surface area contributed by atoms with Crippen LogP contribution in [-0.4, -0.2) is 56.4 Å². The zero-order valence-electron chi connectivity index (χ0n) is 16.4. The SMILES string of the molecule is CN(C)CCN(C(=O)COc1ccc(Cl)cc1Cl)c1nc2cc3c(cc2s1)OCO3. The molecule has 158 valence electrons. The van der Waals surface area contributed by atoms with Gasteiger partial charge in [0.15, 0.2) is 23.2 Å². The molecule has 1 aliphatic heterocycles. The Balaban J connectivity index is 1.56. The number of thiazole rings is 1. The molecule has 4 rings (SSSR count). The average molecular weight is 468 g/mol. The van der Waals surface area contributed by atoms with Gasteiger partial charge in [-0.3, -0.25) is 9.69 Å². The number of carbonyl (C=O) groups is 1. The second-order valence-corrected chi connectivity index (χ2v) is 8.73. The first kappa shape index (κ1) is 21.0. The summed E-state index contributed by atoms with van der Waals surface area (Å²) in [6.07, 6.45) is 0. The maximum atomic E-state index is 13.0. The van der Waals surface area contributed by atoms with Gasteiger partial charge < -0.3 is 19.1 Å². The van der Waals surface area contributed by atoms with E-state index in [1.54, 1.807) is 23.1 Å². The lowest BCUT2D eigenvalue weighted by atomic mass is 10.3. The third-order valence-corrected chi connectivity index (χ3v) is 5.99. The van der Waals surface area contributed by atoms with Crippen LogP contribution in [0.2, 0.25) is 10.0 Å². The number of hydrogen-bond acceptors (Lipinski definition) is 7. The number of nitrogens with zero attached hydrogens (tertiary/aromatic N) is 3. The second kappa shape index (κ2) is 8.85. The van der Waals surface area contributed by atoms with Crippen LogP contribution >= 0.6 is 34.5 Å². The van der Waals surface area contributed by atoms with Crippen LogP contribution in [0, 0.1) is 0 Å². The molecule has 1 aromatic heterocycles. The summed E-state index contributed by atoms with van der Waals surface area (Å²) in [7, 11) is 3.90. The number of benzene rings is 2. The summed E-state index contributed by atoms with van der Waals surface area (Å²) in [5.74, 6) is 1.52. The Morgan fingerprint density at radius 2 is 1.93 bits per heavy atom. The molecule has 0 bridgehead atoms. The van der Waals surface area contributed by atoms with Crippen molar-refractivity contribution >= 4 is 55.8 Å². The molecule has 0 N–H and O–H groups in total. The summed E-state index contributed by atoms with van der Waals surface area (Å²) in [5.41, 5.74) is 0.753. The number of fused-ring (bicyclic) bond motifs is 2. The van der Waals surface area contributed by atoms with Crippen molar-refractivity contribution in [2.75, 3.05) is 45.5 Å². The van der Waals surface area contributed by atoms with E-state index >= 15 is 0 Å². The van der Waals surface area contributed by atoms with Crippen LogP contribution < -0.4 is 19.1 Å². The minimum atomic E-state index is -0.220. The number of carbonyl (C=O) groups excluding carboxylic acids is 1. The Hall–Kier alpha value is -2.26. The van der Waals surface area contributed by atoms with Crippen LogP contribution in [0.15, 0.2) is 30.3 Å². The van der Waals surface area contributed by atoms with E-state index in [2.05, 4.69) is 4.98 Å². The predicted octanol–water partition coefficient (Wildman–Crippen LogP) is 4.31. The molecule has 10 heteroatoms. The molecule has 0 spiro atoms. The average Bonchev–Trinajstić information content (AvgIpc) is 3.30. The summed E-state index contributed by atoms with van der Waals surface area (Å²) in [6.45, 7) is 1.17. The van der Waals surface area contributed by atoms with Gasteiger partial charge in [-0.25, -0.2) is 4.98 Å². The highest BCUT2D eigenvalue weighted by Gasteiger charge is 2.23. The van der Waals surface area contributed by atoms with Crippen molar-refractivity contribution in [1.82, 2.24) is 9.88 Å². The molecule has 0 saturated heterocycles. The molecular weight excluding hydrogens is 449 g/mol. The van der Waals surface area contributed by atoms with Gasteiger partial charge in [0.1, 0.15) is 5.75 Å². The Morgan fingerprint density at radius 3 is 2.67 bits per heavy atom. The van der Waals surface area contributed by atoms with Crippen molar-refractivity contribution in [1.29, 1.82) is 0 Å². The zero-order valence-corrected chi connectivity index (χ0v) is 18.7. The molecule has 2 heterocycles. The number of aromatic nitrogens is 1. The van der Waals surface area contributed by atoms with Crippen molar-refractivity contribution in [3.05, 3.63) is 40.4 Å². The number of rotatable bonds is 7. The maximum absolute atomic E-state index is 13.0. The van der Waals surface area contributed by atoms with E-state index < -0.39 is 0 Å². The fourth-order valence-corrected chi connectivity index (χ4v) is 4.34. The molecule has 0 unspecified atom stereocenters. The van der Waals surface area contributed by atoms with Gasteiger partial charge in [-0.05, 0) is 32.3 Å². The summed E-state index contributed by atoms with van der Waals surface area (Å²) < 4.78 is 17.4. The van der Waals surface area contributed by atoms with Gasteiger partial charge in [-0.2, -0.15) is 0 Å². The summed E-state index contributed by atoms with van der Waals surface area (Å²) >= 11 is 13.5. The largest absolute Gasteiger partial charge is 0.482 e. The lowest BCUT2D eigenvalue weighted by Gasteiger charge is -2.22. The number of anilines is 1. The topological polar surface area (TPSA) is 64.1 Å². The Labute approximate surface area is 187 Å². The third kappa shape index (κ3) is 4.57. The Bertz CT molecular complexity index is 1050. The highest BCUT2D eigenvalue weighted by atomic mass is 35.5. The summed E-state index contributed by atoms with van der Waals surface area (Å²) in [4.78, 5) is 21.3. The fraction of sp³-hybridized carbons (Fsp3) is 0.300. The van der Waals surface area contributed by atoms with E-state index in [1.165, 1.54) is 11.3 Å². The van der Waals surface area contributed by atoms with Crippen molar-refractivity contribution < 1.29 is 19.0 Å². The first-order valence-corrected chi connectivity index (χ1v) is 10.7. The standard InChI is InChI=1S/C20H19Cl2N3O4S/c1-24(2)5-6-25(19(26)10-27-15-4-3-12(21)7-13(15)22)20-23-14-8-16-17(29-11-28-16)9-18(14)30-20/h3-4,7-9H,5-6,10-11H2,1-2H3. The minimum Gasteiger partial charge on any atom is -0.482 e. The molecule has 7 nitrogen and oxygen atoms in total. The first-order valence-electron chi connectivity index (χ1n) is 9.14. The van der Waals surface area contributed by atoms with Crippen LogP contribution in [0.4, 0.5) is 5.13 Å². The van der Waals surface area contributed by atoms with Crippen LogP contribution in [0.1, 0.15) is 0 Å². The number of amides is 1. The zero-order chi connectivity index (χ0) is 21.3. The number of hydrogen-bond donors (Lipinski definition) is 0. The Morgan fingerprint density at radius 1 is 1.17 bits per heavy atom. The molecule has 1 aliphatic rings. The minimum absolute atomic E-state index is 0.173. The van der Waals surface area contributed by atoms with E-state index in [1.807, 2.05) is 31.1 Å². The lowest BCUT2D eigenvalue weighted by molar-refractivity contribution is -0.120. The number of ether oxygens (including phenoxy) is 3. The fourth-order valence-electron chi connectivity index (χ4n) is 2.86. The van der Waals surface area contributed by atoms with Gasteiger partial charge in [0.2, 0.25) is 6.79 Å². The van der Waals surface area contributed by atoms with Gasteiger partial charge in [0.05, 0.1) is 15.2 Å².